The minimum atomic E-state index is -0.463. The zero-order valence-electron chi connectivity index (χ0n) is 9.40. The molecule has 2 N–H and O–H groups in total. The second kappa shape index (κ2) is 5.47. The molecule has 0 radical (unpaired) electrons. The van der Waals surface area contributed by atoms with E-state index in [1.54, 1.807) is 6.07 Å². The van der Waals surface area contributed by atoms with Crippen molar-refractivity contribution in [2.24, 2.45) is 11.7 Å². The molecule has 16 heavy (non-hydrogen) atoms. The first-order valence-electron chi connectivity index (χ1n) is 5.12. The van der Waals surface area contributed by atoms with Crippen LogP contribution in [0.4, 0.5) is 4.39 Å². The van der Waals surface area contributed by atoms with Gasteiger partial charge in [-0.3, -0.25) is 0 Å². The van der Waals surface area contributed by atoms with Crippen LogP contribution in [0, 0.1) is 23.1 Å². The van der Waals surface area contributed by atoms with E-state index in [0.29, 0.717) is 12.0 Å². The lowest BCUT2D eigenvalue weighted by Crippen LogP contribution is -2.19. The Kier molecular flexibility index (Phi) is 4.27. The first-order chi connectivity index (χ1) is 7.63. The predicted octanol–water partition coefficient (Wildman–Crippen LogP) is 2.38. The van der Waals surface area contributed by atoms with Crippen LogP contribution in [0.5, 0.6) is 5.75 Å². The maximum atomic E-state index is 13.4. The highest BCUT2D eigenvalue weighted by molar-refractivity contribution is 5.31. The predicted molar refractivity (Wildman–Crippen MR) is 59.3 cm³/mol. The van der Waals surface area contributed by atoms with Crippen molar-refractivity contribution in [3.8, 4) is 11.8 Å². The van der Waals surface area contributed by atoms with Crippen LogP contribution in [0.2, 0.25) is 0 Å². The zero-order valence-corrected chi connectivity index (χ0v) is 9.40. The van der Waals surface area contributed by atoms with Crippen molar-refractivity contribution in [1.29, 1.82) is 5.26 Å². The molecule has 1 aromatic rings. The van der Waals surface area contributed by atoms with Crippen LogP contribution in [0.25, 0.3) is 0 Å². The summed E-state index contributed by atoms with van der Waals surface area (Å²) in [6, 6.07) is 6.19. The van der Waals surface area contributed by atoms with Gasteiger partial charge in [0.1, 0.15) is 0 Å². The Hall–Kier alpha value is -1.60. The summed E-state index contributed by atoms with van der Waals surface area (Å²) in [6.07, 6.45) is 0.644. The SMILES string of the molecule is CCC(C#N)C(N)c1ccc(OC)c(F)c1. The third-order valence-corrected chi connectivity index (χ3v) is 2.60. The maximum absolute atomic E-state index is 13.4. The van der Waals surface area contributed by atoms with Gasteiger partial charge in [-0.25, -0.2) is 4.39 Å². The van der Waals surface area contributed by atoms with Crippen molar-refractivity contribution in [3.63, 3.8) is 0 Å². The van der Waals surface area contributed by atoms with Crippen LogP contribution in [0.1, 0.15) is 24.9 Å². The van der Waals surface area contributed by atoms with Crippen molar-refractivity contribution < 1.29 is 9.13 Å². The van der Waals surface area contributed by atoms with Crippen molar-refractivity contribution in [3.05, 3.63) is 29.6 Å². The Morgan fingerprint density at radius 3 is 2.69 bits per heavy atom. The summed E-state index contributed by atoms with van der Waals surface area (Å²) in [7, 11) is 1.40. The summed E-state index contributed by atoms with van der Waals surface area (Å²) < 4.78 is 18.2. The van der Waals surface area contributed by atoms with E-state index in [0.717, 1.165) is 0 Å². The molecule has 0 saturated heterocycles. The molecule has 0 spiro atoms. The topological polar surface area (TPSA) is 59.0 Å². The summed E-state index contributed by atoms with van der Waals surface area (Å²) in [5, 5.41) is 8.88. The average Bonchev–Trinajstić information content (AvgIpc) is 2.30. The molecule has 1 rings (SSSR count). The molecule has 4 heteroatoms. The van der Waals surface area contributed by atoms with Crippen LogP contribution < -0.4 is 10.5 Å². The maximum Gasteiger partial charge on any atom is 0.165 e. The van der Waals surface area contributed by atoms with Crippen LogP contribution >= 0.6 is 0 Å². The molecule has 0 aliphatic heterocycles. The number of nitrogens with two attached hydrogens (primary N) is 1. The number of rotatable bonds is 4. The second-order valence-corrected chi connectivity index (χ2v) is 3.56. The standard InChI is InChI=1S/C12H15FN2O/c1-3-8(7-14)12(15)9-4-5-11(16-2)10(13)6-9/h4-6,8,12H,3,15H2,1-2H3. The minimum Gasteiger partial charge on any atom is -0.494 e. The Morgan fingerprint density at radius 1 is 1.56 bits per heavy atom. The monoisotopic (exact) mass is 222 g/mol. The van der Waals surface area contributed by atoms with Crippen LogP contribution in [-0.4, -0.2) is 7.11 Å². The van der Waals surface area contributed by atoms with E-state index in [9.17, 15) is 4.39 Å². The number of hydrogen-bond donors (Lipinski definition) is 1. The first kappa shape index (κ1) is 12.5. The van der Waals surface area contributed by atoms with E-state index in [1.165, 1.54) is 19.2 Å². The molecule has 86 valence electrons. The number of halogens is 1. The van der Waals surface area contributed by atoms with Crippen LogP contribution in [-0.2, 0) is 0 Å². The lowest BCUT2D eigenvalue weighted by molar-refractivity contribution is 0.385. The summed E-state index contributed by atoms with van der Waals surface area (Å²) in [6.45, 7) is 1.88. The highest BCUT2D eigenvalue weighted by Gasteiger charge is 2.18. The highest BCUT2D eigenvalue weighted by Crippen LogP contribution is 2.25. The highest BCUT2D eigenvalue weighted by atomic mass is 19.1. The summed E-state index contributed by atoms with van der Waals surface area (Å²) in [5.74, 6) is -0.572. The molecule has 0 aliphatic rings. The van der Waals surface area contributed by atoms with Gasteiger partial charge in [0, 0.05) is 6.04 Å². The van der Waals surface area contributed by atoms with Crippen molar-refractivity contribution in [2.75, 3.05) is 7.11 Å². The fraction of sp³-hybridized carbons (Fsp3) is 0.417. The Morgan fingerprint density at radius 2 is 2.25 bits per heavy atom. The second-order valence-electron chi connectivity index (χ2n) is 3.56. The number of hydrogen-bond acceptors (Lipinski definition) is 3. The minimum absolute atomic E-state index is 0.181. The van der Waals surface area contributed by atoms with Gasteiger partial charge >= 0.3 is 0 Å². The van der Waals surface area contributed by atoms with Gasteiger partial charge in [-0.05, 0) is 24.1 Å². The van der Waals surface area contributed by atoms with E-state index in [2.05, 4.69) is 6.07 Å². The van der Waals surface area contributed by atoms with Gasteiger partial charge in [-0.1, -0.05) is 13.0 Å². The molecule has 0 bridgehead atoms. The van der Waals surface area contributed by atoms with Gasteiger partial charge in [0.25, 0.3) is 0 Å². The fourth-order valence-electron chi connectivity index (χ4n) is 1.55. The fourth-order valence-corrected chi connectivity index (χ4v) is 1.55. The molecule has 0 heterocycles. The van der Waals surface area contributed by atoms with Gasteiger partial charge in [0.15, 0.2) is 11.6 Å². The average molecular weight is 222 g/mol. The van der Waals surface area contributed by atoms with E-state index in [-0.39, 0.29) is 11.7 Å². The van der Waals surface area contributed by atoms with Gasteiger partial charge in [-0.2, -0.15) is 5.26 Å². The molecule has 0 fully saturated rings. The smallest absolute Gasteiger partial charge is 0.165 e. The van der Waals surface area contributed by atoms with Crippen LogP contribution in [0.3, 0.4) is 0 Å². The molecular weight excluding hydrogens is 207 g/mol. The molecular formula is C12H15FN2O. The third kappa shape index (κ3) is 2.50. The van der Waals surface area contributed by atoms with Crippen LogP contribution in [0.15, 0.2) is 18.2 Å². The zero-order chi connectivity index (χ0) is 12.1. The van der Waals surface area contributed by atoms with Gasteiger partial charge < -0.3 is 10.5 Å². The van der Waals surface area contributed by atoms with E-state index < -0.39 is 11.9 Å². The third-order valence-electron chi connectivity index (χ3n) is 2.60. The molecule has 0 amide bonds. The van der Waals surface area contributed by atoms with E-state index in [4.69, 9.17) is 15.7 Å². The number of benzene rings is 1. The van der Waals surface area contributed by atoms with Gasteiger partial charge in [0.2, 0.25) is 0 Å². The number of ether oxygens (including phenoxy) is 1. The van der Waals surface area contributed by atoms with Crippen molar-refractivity contribution in [2.45, 2.75) is 19.4 Å². The number of nitriles is 1. The molecule has 3 nitrogen and oxygen atoms in total. The van der Waals surface area contributed by atoms with E-state index >= 15 is 0 Å². The Labute approximate surface area is 94.6 Å². The van der Waals surface area contributed by atoms with Gasteiger partial charge in [0.05, 0.1) is 19.1 Å². The molecule has 0 saturated carbocycles. The van der Waals surface area contributed by atoms with Gasteiger partial charge in [-0.15, -0.1) is 0 Å². The molecule has 0 aromatic heterocycles. The summed E-state index contributed by atoms with van der Waals surface area (Å²) in [5.41, 5.74) is 6.51. The first-order valence-corrected chi connectivity index (χ1v) is 5.12. The lowest BCUT2D eigenvalue weighted by atomic mass is 9.93. The normalized spacial score (nSPS) is 13.9. The molecule has 2 unspecified atom stereocenters. The van der Waals surface area contributed by atoms with E-state index in [1.807, 2.05) is 6.92 Å². The molecule has 1 aromatic carbocycles. The molecule has 2 atom stereocenters. The number of nitrogens with zero attached hydrogens (tertiary/aromatic N) is 1. The molecule has 0 aliphatic carbocycles. The Bertz CT molecular complexity index is 400. The Balaban J connectivity index is 2.97. The largest absolute Gasteiger partial charge is 0.494 e. The quantitative estimate of drug-likeness (QED) is 0.850. The number of methoxy groups -OCH3 is 1. The van der Waals surface area contributed by atoms with Crippen molar-refractivity contribution >= 4 is 0 Å². The summed E-state index contributed by atoms with van der Waals surface area (Å²) >= 11 is 0. The lowest BCUT2D eigenvalue weighted by Gasteiger charge is -2.16. The van der Waals surface area contributed by atoms with Crippen molar-refractivity contribution in [1.82, 2.24) is 0 Å². The summed E-state index contributed by atoms with van der Waals surface area (Å²) in [4.78, 5) is 0.